The third kappa shape index (κ3) is 6.13. The predicted molar refractivity (Wildman–Crippen MR) is 84.8 cm³/mol. The zero-order valence-electron chi connectivity index (χ0n) is 13.1. The lowest BCUT2D eigenvalue weighted by molar-refractivity contribution is 0.192. The van der Waals surface area contributed by atoms with Gasteiger partial charge in [0, 0.05) is 26.3 Å². The molecule has 0 radical (unpaired) electrons. The fourth-order valence-corrected chi connectivity index (χ4v) is 3.08. The molecule has 0 fully saturated rings. The van der Waals surface area contributed by atoms with E-state index in [0.717, 1.165) is 31.4 Å². The average molecular weight is 314 g/mol. The van der Waals surface area contributed by atoms with E-state index in [-0.39, 0.29) is 6.04 Å². The Morgan fingerprint density at radius 3 is 2.67 bits per heavy atom. The van der Waals surface area contributed by atoms with E-state index in [1.807, 2.05) is 20.0 Å². The summed E-state index contributed by atoms with van der Waals surface area (Å²) >= 11 is 0. The third-order valence-corrected chi connectivity index (χ3v) is 4.88. The molecule has 21 heavy (non-hydrogen) atoms. The Hall–Kier alpha value is -0.950. The van der Waals surface area contributed by atoms with Crippen LogP contribution in [-0.4, -0.2) is 35.7 Å². The van der Waals surface area contributed by atoms with Crippen LogP contribution in [0.4, 0.5) is 0 Å². The Bertz CT molecular complexity index is 517. The highest BCUT2D eigenvalue weighted by atomic mass is 32.2. The largest absolute Gasteiger partial charge is 0.385 e. The number of methoxy groups -OCH3 is 1. The second-order valence-electron chi connectivity index (χ2n) is 5.03. The van der Waals surface area contributed by atoms with Gasteiger partial charge in [0.2, 0.25) is 10.0 Å². The van der Waals surface area contributed by atoms with Crippen LogP contribution in [0, 0.1) is 0 Å². The van der Waals surface area contributed by atoms with Gasteiger partial charge >= 0.3 is 0 Å². The third-order valence-electron chi connectivity index (χ3n) is 3.42. The lowest BCUT2D eigenvalue weighted by Crippen LogP contribution is -2.25. The Labute approximate surface area is 128 Å². The van der Waals surface area contributed by atoms with E-state index in [9.17, 15) is 8.42 Å². The lowest BCUT2D eigenvalue weighted by Gasteiger charge is -2.12. The highest BCUT2D eigenvalue weighted by molar-refractivity contribution is 7.89. The molecule has 0 aromatic heterocycles. The molecule has 1 aromatic carbocycles. The van der Waals surface area contributed by atoms with E-state index < -0.39 is 10.0 Å². The number of benzene rings is 1. The highest BCUT2D eigenvalue weighted by Crippen LogP contribution is 2.17. The number of ether oxygens (including phenoxy) is 1. The average Bonchev–Trinajstić information content (AvgIpc) is 2.50. The van der Waals surface area contributed by atoms with Gasteiger partial charge in [0.1, 0.15) is 0 Å². The van der Waals surface area contributed by atoms with E-state index in [1.165, 1.54) is 0 Å². The summed E-state index contributed by atoms with van der Waals surface area (Å²) in [6.45, 7) is 3.17. The smallest absolute Gasteiger partial charge is 0.240 e. The molecule has 0 saturated carbocycles. The maximum absolute atomic E-state index is 12.2. The molecule has 120 valence electrons. The first-order chi connectivity index (χ1) is 10.0. The summed E-state index contributed by atoms with van der Waals surface area (Å²) in [7, 11) is 0.0935. The molecule has 0 heterocycles. The Balaban J connectivity index is 2.58. The van der Waals surface area contributed by atoms with E-state index >= 15 is 0 Å². The quantitative estimate of drug-likeness (QED) is 0.649. The summed E-state index contributed by atoms with van der Waals surface area (Å²) in [5.74, 6) is 0. The molecule has 0 aliphatic rings. The van der Waals surface area contributed by atoms with Crippen molar-refractivity contribution in [3.63, 3.8) is 0 Å². The van der Waals surface area contributed by atoms with Gasteiger partial charge in [-0.1, -0.05) is 12.1 Å². The molecular formula is C15H26N2O3S. The summed E-state index contributed by atoms with van der Waals surface area (Å²) in [5, 5.41) is 3.10. The fraction of sp³-hybridized carbons (Fsp3) is 0.600. The molecule has 0 saturated heterocycles. The van der Waals surface area contributed by atoms with Gasteiger partial charge in [-0.05, 0) is 50.9 Å². The van der Waals surface area contributed by atoms with E-state index in [0.29, 0.717) is 11.4 Å². The first kappa shape index (κ1) is 18.1. The Morgan fingerprint density at radius 2 is 2.00 bits per heavy atom. The van der Waals surface area contributed by atoms with Crippen LogP contribution < -0.4 is 10.0 Å². The number of unbranched alkanes of at least 4 members (excludes halogenated alkanes) is 2. The van der Waals surface area contributed by atoms with Crippen LogP contribution in [0.15, 0.2) is 29.2 Å². The summed E-state index contributed by atoms with van der Waals surface area (Å²) in [6.07, 6.45) is 2.72. The molecule has 1 rings (SSSR count). The molecule has 5 nitrogen and oxygen atoms in total. The van der Waals surface area contributed by atoms with Crippen LogP contribution in [0.2, 0.25) is 0 Å². The molecule has 0 aliphatic heterocycles. The molecule has 0 aliphatic carbocycles. The van der Waals surface area contributed by atoms with Crippen LogP contribution in [0.1, 0.15) is 37.8 Å². The van der Waals surface area contributed by atoms with Gasteiger partial charge in [0.15, 0.2) is 0 Å². The van der Waals surface area contributed by atoms with Crippen molar-refractivity contribution in [2.75, 3.05) is 27.3 Å². The van der Waals surface area contributed by atoms with Crippen molar-refractivity contribution in [3.8, 4) is 0 Å². The van der Waals surface area contributed by atoms with E-state index in [1.54, 1.807) is 25.3 Å². The Kier molecular flexibility index (Phi) is 7.88. The summed E-state index contributed by atoms with van der Waals surface area (Å²) < 4.78 is 32.1. The standard InChI is InChI=1S/C15H26N2O3S/c1-13(16-2)14-8-7-9-15(12-14)21(18,19)17-10-5-4-6-11-20-3/h7-9,12-13,16-17H,4-6,10-11H2,1-3H3. The highest BCUT2D eigenvalue weighted by Gasteiger charge is 2.14. The predicted octanol–water partition coefficient (Wildman–Crippen LogP) is 2.06. The van der Waals surface area contributed by atoms with Crippen molar-refractivity contribution in [2.45, 2.75) is 37.1 Å². The molecule has 0 bridgehead atoms. The number of hydrogen-bond acceptors (Lipinski definition) is 4. The lowest BCUT2D eigenvalue weighted by atomic mass is 10.1. The summed E-state index contributed by atoms with van der Waals surface area (Å²) in [6, 6.07) is 7.16. The minimum absolute atomic E-state index is 0.120. The fourth-order valence-electron chi connectivity index (χ4n) is 1.96. The number of hydrogen-bond donors (Lipinski definition) is 2. The zero-order valence-corrected chi connectivity index (χ0v) is 13.9. The normalized spacial score (nSPS) is 13.3. The zero-order chi connectivity index (χ0) is 15.7. The summed E-state index contributed by atoms with van der Waals surface area (Å²) in [4.78, 5) is 0.319. The van der Waals surface area contributed by atoms with Gasteiger partial charge in [0.05, 0.1) is 4.90 Å². The van der Waals surface area contributed by atoms with Gasteiger partial charge in [-0.25, -0.2) is 13.1 Å². The summed E-state index contributed by atoms with van der Waals surface area (Å²) in [5.41, 5.74) is 0.959. The number of rotatable bonds is 10. The second-order valence-corrected chi connectivity index (χ2v) is 6.80. The van der Waals surface area contributed by atoms with Crippen molar-refractivity contribution < 1.29 is 13.2 Å². The van der Waals surface area contributed by atoms with Crippen molar-refractivity contribution in [1.82, 2.24) is 10.0 Å². The van der Waals surface area contributed by atoms with Crippen molar-refractivity contribution in [3.05, 3.63) is 29.8 Å². The first-order valence-electron chi connectivity index (χ1n) is 7.27. The molecular weight excluding hydrogens is 288 g/mol. The van der Waals surface area contributed by atoms with E-state index in [2.05, 4.69) is 10.0 Å². The maximum Gasteiger partial charge on any atom is 0.240 e. The topological polar surface area (TPSA) is 67.4 Å². The van der Waals surface area contributed by atoms with Crippen LogP contribution in [0.25, 0.3) is 0 Å². The van der Waals surface area contributed by atoms with Crippen LogP contribution >= 0.6 is 0 Å². The molecule has 2 N–H and O–H groups in total. The van der Waals surface area contributed by atoms with E-state index in [4.69, 9.17) is 4.74 Å². The van der Waals surface area contributed by atoms with Gasteiger partial charge < -0.3 is 10.1 Å². The molecule has 1 unspecified atom stereocenters. The first-order valence-corrected chi connectivity index (χ1v) is 8.75. The molecule has 0 spiro atoms. The van der Waals surface area contributed by atoms with Crippen LogP contribution in [-0.2, 0) is 14.8 Å². The maximum atomic E-state index is 12.2. The van der Waals surface area contributed by atoms with Gasteiger partial charge in [0.25, 0.3) is 0 Å². The molecule has 6 heteroatoms. The van der Waals surface area contributed by atoms with Crippen LogP contribution in [0.3, 0.4) is 0 Å². The molecule has 1 atom stereocenters. The van der Waals surface area contributed by atoms with Crippen molar-refractivity contribution in [2.24, 2.45) is 0 Å². The van der Waals surface area contributed by atoms with Crippen molar-refractivity contribution in [1.29, 1.82) is 0 Å². The number of sulfonamides is 1. The number of nitrogens with one attached hydrogen (secondary N) is 2. The monoisotopic (exact) mass is 314 g/mol. The van der Waals surface area contributed by atoms with Gasteiger partial charge in [-0.2, -0.15) is 0 Å². The minimum Gasteiger partial charge on any atom is -0.385 e. The second kappa shape index (κ2) is 9.15. The van der Waals surface area contributed by atoms with Crippen molar-refractivity contribution >= 4 is 10.0 Å². The van der Waals surface area contributed by atoms with Gasteiger partial charge in [-0.3, -0.25) is 0 Å². The Morgan fingerprint density at radius 1 is 1.24 bits per heavy atom. The molecule has 1 aromatic rings. The van der Waals surface area contributed by atoms with Crippen LogP contribution in [0.5, 0.6) is 0 Å². The molecule has 0 amide bonds. The minimum atomic E-state index is -3.43. The van der Waals surface area contributed by atoms with Gasteiger partial charge in [-0.15, -0.1) is 0 Å². The SMILES string of the molecule is CNC(C)c1cccc(S(=O)(=O)NCCCCCOC)c1.